The predicted molar refractivity (Wildman–Crippen MR) is 132 cm³/mol. The van der Waals surface area contributed by atoms with E-state index in [2.05, 4.69) is 26.5 Å². The van der Waals surface area contributed by atoms with Crippen LogP contribution in [0.2, 0.25) is 0 Å². The van der Waals surface area contributed by atoms with Crippen molar-refractivity contribution in [3.05, 3.63) is 12.7 Å². The zero-order valence-electron chi connectivity index (χ0n) is 22.0. The van der Waals surface area contributed by atoms with Crippen LogP contribution < -0.4 is 0 Å². The van der Waals surface area contributed by atoms with Crippen molar-refractivity contribution in [2.75, 3.05) is 0 Å². The van der Waals surface area contributed by atoms with Crippen LogP contribution in [0, 0.1) is 40.4 Å². The number of aliphatic hydroxyl groups is 2. The second-order valence-corrected chi connectivity index (χ2v) is 12.9. The monoisotopic (exact) mass is 490 g/mol. The smallest absolute Gasteiger partial charge is 0.303 e. The topological polar surface area (TPSA) is 85.2 Å². The quantitative estimate of drug-likeness (QED) is 0.340. The van der Waals surface area contributed by atoms with Gasteiger partial charge in [0.15, 0.2) is 12.4 Å². The van der Waals surface area contributed by atoms with Gasteiger partial charge in [-0.05, 0) is 105 Å². The lowest BCUT2D eigenvalue weighted by atomic mass is 9.44. The first-order chi connectivity index (χ1) is 16.6. The summed E-state index contributed by atoms with van der Waals surface area (Å²) in [4.78, 5) is 11.4. The molecule has 5 aliphatic rings. The van der Waals surface area contributed by atoms with Gasteiger partial charge in [0.05, 0.1) is 12.2 Å². The molecule has 0 aromatic rings. The van der Waals surface area contributed by atoms with Crippen molar-refractivity contribution in [3.8, 4) is 0 Å². The first-order valence-electron chi connectivity index (χ1n) is 14.0. The molecule has 35 heavy (non-hydrogen) atoms. The maximum Gasteiger partial charge on any atom is 0.303 e. The van der Waals surface area contributed by atoms with E-state index in [9.17, 15) is 15.0 Å². The average molecular weight is 491 g/mol. The SMILES string of the molecule is C=C[C@H]1CC[C@H]2[C@@H]3CC[C@H]4C[C@@H](O[C@@H]5OC(C)[C@@H](OC(C)=O)C(O)C5O)CC[C@]4(C)[C@H]3CC[C@]12C. The van der Waals surface area contributed by atoms with Gasteiger partial charge in [0.25, 0.3) is 0 Å². The van der Waals surface area contributed by atoms with E-state index in [0.29, 0.717) is 22.7 Å². The van der Waals surface area contributed by atoms with Crippen LogP contribution in [0.3, 0.4) is 0 Å². The Morgan fingerprint density at radius 1 is 1.00 bits per heavy atom. The van der Waals surface area contributed by atoms with Gasteiger partial charge in [0.1, 0.15) is 12.2 Å². The van der Waals surface area contributed by atoms with Gasteiger partial charge >= 0.3 is 5.97 Å². The minimum atomic E-state index is -1.24. The Labute approximate surface area is 210 Å². The van der Waals surface area contributed by atoms with E-state index in [1.807, 2.05) is 0 Å². The number of carbonyl (C=O) groups excluding carboxylic acids is 1. The number of hydrogen-bond acceptors (Lipinski definition) is 6. The standard InChI is InChI=1S/C29H46O6/c1-6-18-8-10-22-21-9-7-19-15-20(11-13-29(19,5)23(21)12-14-28(18,22)4)35-27-25(32)24(31)26(16(2)33-27)34-17(3)30/h6,16,18-27,31-32H,1,7-15H2,2-5H3/t16?,18-,19-,20-,21-,22-,23-,24?,25?,26+,27-,28+,29-/m0/s1. The lowest BCUT2D eigenvalue weighted by molar-refractivity contribution is -0.311. The molecule has 0 aromatic heterocycles. The van der Waals surface area contributed by atoms with Gasteiger partial charge in [0, 0.05) is 6.92 Å². The summed E-state index contributed by atoms with van der Waals surface area (Å²) < 4.78 is 17.4. The van der Waals surface area contributed by atoms with Gasteiger partial charge in [-0.2, -0.15) is 0 Å². The van der Waals surface area contributed by atoms with Crippen LogP contribution in [0.5, 0.6) is 0 Å². The average Bonchev–Trinajstić information content (AvgIpc) is 3.16. The van der Waals surface area contributed by atoms with Crippen molar-refractivity contribution < 1.29 is 29.2 Å². The third-order valence-electron chi connectivity index (χ3n) is 11.4. The summed E-state index contributed by atoms with van der Waals surface area (Å²) in [6, 6.07) is 0. The summed E-state index contributed by atoms with van der Waals surface area (Å²) in [6.07, 6.45) is 8.48. The van der Waals surface area contributed by atoms with Crippen molar-refractivity contribution in [1.82, 2.24) is 0 Å². The van der Waals surface area contributed by atoms with E-state index in [4.69, 9.17) is 14.2 Å². The Balaban J connectivity index is 1.23. The van der Waals surface area contributed by atoms with Gasteiger partial charge in [-0.3, -0.25) is 4.79 Å². The van der Waals surface area contributed by atoms with Crippen molar-refractivity contribution in [1.29, 1.82) is 0 Å². The molecule has 4 aliphatic carbocycles. The Bertz CT molecular complexity index is 815. The van der Waals surface area contributed by atoms with Crippen LogP contribution in [0.1, 0.15) is 85.5 Å². The minimum Gasteiger partial charge on any atom is -0.457 e. The molecule has 0 spiro atoms. The van der Waals surface area contributed by atoms with Crippen LogP contribution >= 0.6 is 0 Å². The summed E-state index contributed by atoms with van der Waals surface area (Å²) in [6.45, 7) is 12.3. The zero-order chi connectivity index (χ0) is 25.1. The second kappa shape index (κ2) is 9.41. The Morgan fingerprint density at radius 2 is 1.71 bits per heavy atom. The molecule has 1 aliphatic heterocycles. The molecule has 6 nitrogen and oxygen atoms in total. The molecule has 0 bridgehead atoms. The molecule has 3 unspecified atom stereocenters. The molecule has 6 heteroatoms. The van der Waals surface area contributed by atoms with Crippen LogP contribution in [0.15, 0.2) is 12.7 Å². The molecule has 2 N–H and O–H groups in total. The van der Waals surface area contributed by atoms with Gasteiger partial charge in [-0.1, -0.05) is 19.9 Å². The Morgan fingerprint density at radius 3 is 2.43 bits per heavy atom. The summed E-state index contributed by atoms with van der Waals surface area (Å²) in [5, 5.41) is 21.2. The van der Waals surface area contributed by atoms with E-state index >= 15 is 0 Å². The highest BCUT2D eigenvalue weighted by Gasteiger charge is 2.60. The number of hydrogen-bond donors (Lipinski definition) is 2. The third kappa shape index (κ3) is 4.20. The molecule has 0 amide bonds. The molecule has 0 aromatic carbocycles. The minimum absolute atomic E-state index is 0.0134. The fraction of sp³-hybridized carbons (Fsp3) is 0.897. The second-order valence-electron chi connectivity index (χ2n) is 12.9. The van der Waals surface area contributed by atoms with Crippen LogP contribution in [-0.2, 0) is 19.0 Å². The Kier molecular flexibility index (Phi) is 6.91. The maximum atomic E-state index is 11.4. The van der Waals surface area contributed by atoms with Crippen LogP contribution in [0.25, 0.3) is 0 Å². The summed E-state index contributed by atoms with van der Waals surface area (Å²) >= 11 is 0. The Hall–Kier alpha value is -0.950. The normalized spacial score (nSPS) is 53.7. The van der Waals surface area contributed by atoms with Crippen molar-refractivity contribution in [3.63, 3.8) is 0 Å². The fourth-order valence-electron chi connectivity index (χ4n) is 9.43. The van der Waals surface area contributed by atoms with Crippen LogP contribution in [-0.4, -0.2) is 53.0 Å². The number of ether oxygens (including phenoxy) is 3. The molecule has 1 saturated heterocycles. The van der Waals surface area contributed by atoms with Crippen molar-refractivity contribution >= 4 is 5.97 Å². The lowest BCUT2D eigenvalue weighted by Gasteiger charge is -2.61. The highest BCUT2D eigenvalue weighted by atomic mass is 16.7. The number of carbonyl (C=O) groups is 1. The maximum absolute atomic E-state index is 11.4. The molecule has 4 saturated carbocycles. The fourth-order valence-corrected chi connectivity index (χ4v) is 9.43. The summed E-state index contributed by atoms with van der Waals surface area (Å²) in [5.74, 6) is 3.29. The first kappa shape index (κ1) is 25.7. The highest BCUT2D eigenvalue weighted by Crippen LogP contribution is 2.67. The van der Waals surface area contributed by atoms with E-state index < -0.39 is 36.7 Å². The number of aliphatic hydroxyl groups excluding tert-OH is 2. The molecular formula is C29H46O6. The predicted octanol–water partition coefficient (Wildman–Crippen LogP) is 4.61. The number of allylic oxidation sites excluding steroid dienone is 1. The molecule has 1 heterocycles. The van der Waals surface area contributed by atoms with E-state index in [-0.39, 0.29) is 6.10 Å². The van der Waals surface area contributed by atoms with Gasteiger partial charge in [0.2, 0.25) is 0 Å². The molecule has 5 rings (SSSR count). The van der Waals surface area contributed by atoms with Gasteiger partial charge in [-0.15, -0.1) is 6.58 Å². The van der Waals surface area contributed by atoms with E-state index in [1.54, 1.807) is 6.92 Å². The van der Waals surface area contributed by atoms with Crippen molar-refractivity contribution in [2.45, 2.75) is 122 Å². The largest absolute Gasteiger partial charge is 0.457 e. The number of fused-ring (bicyclic) bond motifs is 5. The summed E-state index contributed by atoms with van der Waals surface area (Å²) in [5.41, 5.74) is 0.804. The molecule has 5 fully saturated rings. The van der Waals surface area contributed by atoms with E-state index in [1.165, 1.54) is 45.4 Å². The first-order valence-corrected chi connectivity index (χ1v) is 14.0. The molecular weight excluding hydrogens is 444 g/mol. The zero-order valence-corrected chi connectivity index (χ0v) is 22.0. The van der Waals surface area contributed by atoms with Crippen molar-refractivity contribution in [2.24, 2.45) is 40.4 Å². The molecule has 0 radical (unpaired) electrons. The lowest BCUT2D eigenvalue weighted by Crippen LogP contribution is -2.59. The highest BCUT2D eigenvalue weighted by molar-refractivity contribution is 5.66. The summed E-state index contributed by atoms with van der Waals surface area (Å²) in [7, 11) is 0. The molecule has 13 atom stereocenters. The molecule has 198 valence electrons. The van der Waals surface area contributed by atoms with E-state index in [0.717, 1.165) is 37.0 Å². The van der Waals surface area contributed by atoms with Gasteiger partial charge in [-0.25, -0.2) is 0 Å². The third-order valence-corrected chi connectivity index (χ3v) is 11.4. The number of esters is 1. The number of rotatable bonds is 4. The van der Waals surface area contributed by atoms with Crippen LogP contribution in [0.4, 0.5) is 0 Å². The van der Waals surface area contributed by atoms with Gasteiger partial charge < -0.3 is 24.4 Å².